The minimum absolute atomic E-state index is 0.185. The van der Waals surface area contributed by atoms with Crippen molar-refractivity contribution in [1.29, 1.82) is 0 Å². The summed E-state index contributed by atoms with van der Waals surface area (Å²) in [6.07, 6.45) is -0.792. The number of ether oxygens (including phenoxy) is 2. The Bertz CT molecular complexity index is 829. The molecule has 0 aliphatic heterocycles. The summed E-state index contributed by atoms with van der Waals surface area (Å²) >= 11 is 0. The van der Waals surface area contributed by atoms with Crippen LogP contribution >= 0.6 is 0 Å². The summed E-state index contributed by atoms with van der Waals surface area (Å²) in [6.45, 7) is 6.69. The van der Waals surface area contributed by atoms with Gasteiger partial charge in [0.25, 0.3) is 11.8 Å². The van der Waals surface area contributed by atoms with Gasteiger partial charge in [-0.15, -0.1) is 0 Å². The molecule has 2 amide bonds. The molecule has 0 atom stereocenters. The molecule has 0 aliphatic rings. The zero-order chi connectivity index (χ0) is 21.2. The maximum absolute atomic E-state index is 12.1. The quantitative estimate of drug-likeness (QED) is 0.403. The van der Waals surface area contributed by atoms with Gasteiger partial charge in [-0.3, -0.25) is 9.59 Å². The van der Waals surface area contributed by atoms with E-state index in [1.807, 2.05) is 12.1 Å². The van der Waals surface area contributed by atoms with Crippen molar-refractivity contribution < 1.29 is 23.9 Å². The zero-order valence-electron chi connectivity index (χ0n) is 16.9. The van der Waals surface area contributed by atoms with E-state index in [4.69, 9.17) is 4.74 Å². The highest BCUT2D eigenvalue weighted by Crippen LogP contribution is 2.15. The van der Waals surface area contributed by atoms with Crippen LogP contribution in [0.3, 0.4) is 0 Å². The fraction of sp³-hybridized carbons (Fsp3) is 0.318. The van der Waals surface area contributed by atoms with Gasteiger partial charge in [0.2, 0.25) is 0 Å². The molecular weight excluding hydrogens is 372 g/mol. The van der Waals surface area contributed by atoms with Crippen LogP contribution in [-0.4, -0.2) is 37.7 Å². The van der Waals surface area contributed by atoms with Gasteiger partial charge in [0.15, 0.2) is 0 Å². The first-order valence-electron chi connectivity index (χ1n) is 9.51. The fourth-order valence-corrected chi connectivity index (χ4v) is 2.49. The summed E-state index contributed by atoms with van der Waals surface area (Å²) in [5.74, 6) is 0.224. The van der Waals surface area contributed by atoms with Crippen molar-refractivity contribution in [2.45, 2.75) is 26.7 Å². The predicted octanol–water partition coefficient (Wildman–Crippen LogP) is 3.51. The largest absolute Gasteiger partial charge is 0.513 e. The van der Waals surface area contributed by atoms with Crippen LogP contribution in [0.1, 0.15) is 53.0 Å². The predicted molar refractivity (Wildman–Crippen MR) is 109 cm³/mol. The molecule has 2 rings (SSSR count). The second-order valence-corrected chi connectivity index (χ2v) is 6.60. The van der Waals surface area contributed by atoms with E-state index in [0.29, 0.717) is 23.6 Å². The van der Waals surface area contributed by atoms with Crippen molar-refractivity contribution in [3.8, 4) is 5.75 Å². The van der Waals surface area contributed by atoms with Crippen molar-refractivity contribution in [1.82, 2.24) is 10.6 Å². The molecule has 0 saturated heterocycles. The molecule has 0 aliphatic carbocycles. The topological polar surface area (TPSA) is 93.7 Å². The minimum Gasteiger partial charge on any atom is -0.434 e. The molecule has 0 saturated carbocycles. The van der Waals surface area contributed by atoms with E-state index in [1.165, 1.54) is 17.7 Å². The number of amides is 2. The molecule has 2 aromatic rings. The first kappa shape index (κ1) is 21.9. The Morgan fingerprint density at radius 1 is 0.828 bits per heavy atom. The number of carbonyl (C=O) groups excluding carboxylic acids is 3. The molecule has 0 bridgehead atoms. The van der Waals surface area contributed by atoms with Crippen LogP contribution in [0, 0.1) is 0 Å². The molecule has 0 aromatic heterocycles. The number of carbonyl (C=O) groups is 3. The van der Waals surface area contributed by atoms with Crippen molar-refractivity contribution >= 4 is 18.0 Å². The Morgan fingerprint density at radius 3 is 1.76 bits per heavy atom. The number of nitrogens with one attached hydrogen (secondary N) is 2. The molecule has 0 fully saturated rings. The van der Waals surface area contributed by atoms with E-state index in [0.717, 1.165) is 0 Å². The first-order chi connectivity index (χ1) is 13.9. The molecule has 2 N–H and O–H groups in total. The summed E-state index contributed by atoms with van der Waals surface area (Å²) in [5, 5.41) is 5.50. The zero-order valence-corrected chi connectivity index (χ0v) is 16.9. The fourth-order valence-electron chi connectivity index (χ4n) is 2.49. The van der Waals surface area contributed by atoms with Gasteiger partial charge < -0.3 is 20.1 Å². The van der Waals surface area contributed by atoms with Crippen LogP contribution in [0.15, 0.2) is 48.5 Å². The number of benzene rings is 2. The van der Waals surface area contributed by atoms with E-state index in [-0.39, 0.29) is 30.7 Å². The van der Waals surface area contributed by atoms with Gasteiger partial charge in [-0.2, -0.15) is 0 Å². The lowest BCUT2D eigenvalue weighted by molar-refractivity contribution is 0.0927. The monoisotopic (exact) mass is 398 g/mol. The second-order valence-electron chi connectivity index (χ2n) is 6.60. The Labute approximate surface area is 170 Å². The van der Waals surface area contributed by atoms with Gasteiger partial charge in [0.1, 0.15) is 5.75 Å². The Balaban J connectivity index is 1.75. The highest BCUT2D eigenvalue weighted by Gasteiger charge is 2.09. The van der Waals surface area contributed by atoms with Gasteiger partial charge in [0.05, 0.1) is 6.61 Å². The smallest absolute Gasteiger partial charge is 0.434 e. The lowest BCUT2D eigenvalue weighted by Gasteiger charge is -2.09. The lowest BCUT2D eigenvalue weighted by Crippen LogP contribution is -2.34. The van der Waals surface area contributed by atoms with Gasteiger partial charge in [-0.25, -0.2) is 4.79 Å². The number of rotatable bonds is 8. The van der Waals surface area contributed by atoms with Crippen LogP contribution in [0.2, 0.25) is 0 Å². The second kappa shape index (κ2) is 10.8. The van der Waals surface area contributed by atoms with E-state index < -0.39 is 6.16 Å². The average molecular weight is 398 g/mol. The standard InChI is InChI=1S/C22H26N2O5/c1-4-28-22(27)29-19-11-9-18(10-12-19)21(26)24-14-13-23-20(25)17-7-5-16(6-8-17)15(2)3/h5-12,15H,4,13-14H2,1-3H3,(H,23,25)(H,24,26). The van der Waals surface area contributed by atoms with E-state index in [2.05, 4.69) is 29.2 Å². The molecule has 7 nitrogen and oxygen atoms in total. The third kappa shape index (κ3) is 6.95. The minimum atomic E-state index is -0.792. The highest BCUT2D eigenvalue weighted by atomic mass is 16.7. The molecule has 0 unspecified atom stereocenters. The molecule has 0 heterocycles. The van der Waals surface area contributed by atoms with Crippen LogP contribution in [-0.2, 0) is 4.74 Å². The molecule has 0 radical (unpaired) electrons. The summed E-state index contributed by atoms with van der Waals surface area (Å²) < 4.78 is 9.62. The lowest BCUT2D eigenvalue weighted by atomic mass is 10.0. The van der Waals surface area contributed by atoms with E-state index in [9.17, 15) is 14.4 Å². The Kier molecular flexibility index (Phi) is 8.21. The van der Waals surface area contributed by atoms with Crippen LogP contribution in [0.4, 0.5) is 4.79 Å². The number of hydrogen-bond donors (Lipinski definition) is 2. The van der Waals surface area contributed by atoms with E-state index >= 15 is 0 Å². The molecule has 2 aromatic carbocycles. The van der Waals surface area contributed by atoms with Crippen molar-refractivity contribution in [2.24, 2.45) is 0 Å². The van der Waals surface area contributed by atoms with Gasteiger partial charge >= 0.3 is 6.16 Å². The summed E-state index contributed by atoms with van der Waals surface area (Å²) in [4.78, 5) is 35.5. The van der Waals surface area contributed by atoms with Gasteiger partial charge in [-0.05, 0) is 54.8 Å². The maximum atomic E-state index is 12.1. The molecule has 7 heteroatoms. The van der Waals surface area contributed by atoms with E-state index in [1.54, 1.807) is 31.2 Å². The van der Waals surface area contributed by atoms with Crippen LogP contribution in [0.5, 0.6) is 5.75 Å². The van der Waals surface area contributed by atoms with Crippen molar-refractivity contribution in [2.75, 3.05) is 19.7 Å². The molecule has 29 heavy (non-hydrogen) atoms. The molecule has 154 valence electrons. The molecule has 0 spiro atoms. The highest BCUT2D eigenvalue weighted by molar-refractivity contribution is 5.95. The van der Waals surface area contributed by atoms with Gasteiger partial charge in [-0.1, -0.05) is 26.0 Å². The molecular formula is C22H26N2O5. The normalized spacial score (nSPS) is 10.3. The third-order valence-corrected chi connectivity index (χ3v) is 4.12. The third-order valence-electron chi connectivity index (χ3n) is 4.12. The SMILES string of the molecule is CCOC(=O)Oc1ccc(C(=O)NCCNC(=O)c2ccc(C(C)C)cc2)cc1. The van der Waals surface area contributed by atoms with Gasteiger partial charge in [0, 0.05) is 24.2 Å². The van der Waals surface area contributed by atoms with Crippen LogP contribution < -0.4 is 15.4 Å². The Morgan fingerprint density at radius 2 is 1.31 bits per heavy atom. The summed E-state index contributed by atoms with van der Waals surface area (Å²) in [7, 11) is 0. The van der Waals surface area contributed by atoms with Crippen molar-refractivity contribution in [3.63, 3.8) is 0 Å². The average Bonchev–Trinajstić information content (AvgIpc) is 2.71. The van der Waals surface area contributed by atoms with Crippen LogP contribution in [0.25, 0.3) is 0 Å². The number of hydrogen-bond acceptors (Lipinski definition) is 5. The first-order valence-corrected chi connectivity index (χ1v) is 9.51. The maximum Gasteiger partial charge on any atom is 0.513 e. The summed E-state index contributed by atoms with van der Waals surface area (Å²) in [6, 6.07) is 13.6. The Hall–Kier alpha value is -3.35. The van der Waals surface area contributed by atoms with Crippen molar-refractivity contribution in [3.05, 3.63) is 65.2 Å². The summed E-state index contributed by atoms with van der Waals surface area (Å²) in [5.41, 5.74) is 2.17.